The molecule has 2 heterocycles. The van der Waals surface area contributed by atoms with Gasteiger partial charge in [0, 0.05) is 43.9 Å². The lowest BCUT2D eigenvalue weighted by Gasteiger charge is -2.38. The molecule has 144 valence electrons. The van der Waals surface area contributed by atoms with Gasteiger partial charge in [0.2, 0.25) is 0 Å². The molecule has 0 N–H and O–H groups in total. The van der Waals surface area contributed by atoms with Gasteiger partial charge >= 0.3 is 0 Å². The van der Waals surface area contributed by atoms with Gasteiger partial charge in [0.05, 0.1) is 26.4 Å². The molecule has 0 saturated carbocycles. The highest BCUT2D eigenvalue weighted by atomic mass is 16.5. The van der Waals surface area contributed by atoms with E-state index >= 15 is 0 Å². The third-order valence-electron chi connectivity index (χ3n) is 5.20. The van der Waals surface area contributed by atoms with Gasteiger partial charge in [0.25, 0.3) is 5.91 Å². The van der Waals surface area contributed by atoms with Crippen LogP contribution in [0.5, 0.6) is 11.5 Å². The molecule has 2 fully saturated rings. The zero-order valence-corrected chi connectivity index (χ0v) is 16.2. The Labute approximate surface area is 156 Å². The minimum Gasteiger partial charge on any atom is -0.497 e. The number of rotatable bonds is 5. The molecule has 1 amide bonds. The first kappa shape index (κ1) is 19.0. The molecular formula is C20H30N2O4. The van der Waals surface area contributed by atoms with Gasteiger partial charge in [-0.2, -0.15) is 0 Å². The van der Waals surface area contributed by atoms with Crippen molar-refractivity contribution in [3.05, 3.63) is 23.8 Å². The first-order chi connectivity index (χ1) is 12.5. The van der Waals surface area contributed by atoms with Gasteiger partial charge < -0.3 is 19.1 Å². The van der Waals surface area contributed by atoms with Crippen LogP contribution in [-0.4, -0.2) is 74.4 Å². The fourth-order valence-corrected chi connectivity index (χ4v) is 4.12. The minimum atomic E-state index is 0.0547. The molecule has 0 radical (unpaired) electrons. The lowest BCUT2D eigenvalue weighted by Crippen LogP contribution is -2.50. The third-order valence-corrected chi connectivity index (χ3v) is 5.20. The average molecular weight is 362 g/mol. The number of hydrogen-bond donors (Lipinski definition) is 0. The molecule has 3 unspecified atom stereocenters. The minimum absolute atomic E-state index is 0.0547. The predicted octanol–water partition coefficient (Wildman–Crippen LogP) is 2.42. The van der Waals surface area contributed by atoms with E-state index in [0.29, 0.717) is 17.1 Å². The number of likely N-dealkylation sites (tertiary alicyclic amines) is 1. The molecule has 2 aliphatic rings. The predicted molar refractivity (Wildman–Crippen MR) is 100 cm³/mol. The Kier molecular flexibility index (Phi) is 6.04. The highest BCUT2D eigenvalue weighted by Crippen LogP contribution is 2.27. The number of morpholine rings is 1. The zero-order chi connectivity index (χ0) is 18.7. The summed E-state index contributed by atoms with van der Waals surface area (Å²) in [5.74, 6) is 1.33. The Bertz CT molecular complexity index is 604. The van der Waals surface area contributed by atoms with Crippen LogP contribution in [0.15, 0.2) is 18.2 Å². The smallest absolute Gasteiger partial charge is 0.254 e. The molecule has 2 saturated heterocycles. The molecule has 0 aliphatic carbocycles. The average Bonchev–Trinajstić information content (AvgIpc) is 3.07. The molecular weight excluding hydrogens is 332 g/mol. The number of carbonyl (C=O) groups excluding carboxylic acids is 1. The van der Waals surface area contributed by atoms with E-state index in [4.69, 9.17) is 14.2 Å². The first-order valence-corrected chi connectivity index (χ1v) is 9.42. The first-order valence-electron chi connectivity index (χ1n) is 9.42. The summed E-state index contributed by atoms with van der Waals surface area (Å²) >= 11 is 0. The van der Waals surface area contributed by atoms with E-state index in [-0.39, 0.29) is 24.2 Å². The van der Waals surface area contributed by atoms with E-state index < -0.39 is 0 Å². The SMILES string of the molecule is COc1cc(OC)cc(C(=O)N2CCCC2CN2CC(C)OC(C)C2)c1. The Balaban J connectivity index is 1.72. The topological polar surface area (TPSA) is 51.2 Å². The van der Waals surface area contributed by atoms with Crippen LogP contribution in [0.3, 0.4) is 0 Å². The zero-order valence-electron chi connectivity index (χ0n) is 16.2. The van der Waals surface area contributed by atoms with Crippen molar-refractivity contribution < 1.29 is 19.0 Å². The van der Waals surface area contributed by atoms with Crippen molar-refractivity contribution >= 4 is 5.91 Å². The van der Waals surface area contributed by atoms with E-state index in [1.807, 2.05) is 4.90 Å². The summed E-state index contributed by atoms with van der Waals surface area (Å²) in [7, 11) is 3.20. The van der Waals surface area contributed by atoms with Crippen molar-refractivity contribution in [3.8, 4) is 11.5 Å². The van der Waals surface area contributed by atoms with Crippen molar-refractivity contribution in [1.29, 1.82) is 0 Å². The molecule has 0 aromatic heterocycles. The highest BCUT2D eigenvalue weighted by molar-refractivity contribution is 5.95. The summed E-state index contributed by atoms with van der Waals surface area (Å²) in [6.45, 7) is 7.79. The summed E-state index contributed by atoms with van der Waals surface area (Å²) in [5.41, 5.74) is 0.622. The van der Waals surface area contributed by atoms with Gasteiger partial charge in [0.1, 0.15) is 11.5 Å². The van der Waals surface area contributed by atoms with E-state index in [1.165, 1.54) is 0 Å². The Morgan fingerprint density at radius 1 is 1.12 bits per heavy atom. The largest absolute Gasteiger partial charge is 0.497 e. The van der Waals surface area contributed by atoms with Crippen LogP contribution in [0.1, 0.15) is 37.0 Å². The lowest BCUT2D eigenvalue weighted by atomic mass is 10.1. The molecule has 1 aromatic carbocycles. The maximum absolute atomic E-state index is 13.1. The molecule has 6 heteroatoms. The van der Waals surface area contributed by atoms with Crippen LogP contribution in [0, 0.1) is 0 Å². The monoisotopic (exact) mass is 362 g/mol. The van der Waals surface area contributed by atoms with Gasteiger partial charge in [-0.3, -0.25) is 9.69 Å². The maximum atomic E-state index is 13.1. The highest BCUT2D eigenvalue weighted by Gasteiger charge is 2.33. The normalized spacial score (nSPS) is 26.8. The van der Waals surface area contributed by atoms with E-state index in [0.717, 1.165) is 39.0 Å². The van der Waals surface area contributed by atoms with Crippen LogP contribution < -0.4 is 9.47 Å². The van der Waals surface area contributed by atoms with Crippen molar-refractivity contribution in [2.75, 3.05) is 40.4 Å². The Morgan fingerprint density at radius 2 is 1.73 bits per heavy atom. The molecule has 0 spiro atoms. The van der Waals surface area contributed by atoms with Gasteiger partial charge in [-0.1, -0.05) is 0 Å². The molecule has 3 atom stereocenters. The number of ether oxygens (including phenoxy) is 3. The quantitative estimate of drug-likeness (QED) is 0.805. The summed E-state index contributed by atoms with van der Waals surface area (Å²) < 4.78 is 16.4. The summed E-state index contributed by atoms with van der Waals surface area (Å²) in [6.07, 6.45) is 2.58. The Hall–Kier alpha value is -1.79. The number of benzene rings is 1. The second-order valence-electron chi connectivity index (χ2n) is 7.37. The van der Waals surface area contributed by atoms with Gasteiger partial charge in [0.15, 0.2) is 0 Å². The van der Waals surface area contributed by atoms with Gasteiger partial charge in [-0.05, 0) is 38.8 Å². The van der Waals surface area contributed by atoms with Crippen LogP contribution in [0.4, 0.5) is 0 Å². The summed E-state index contributed by atoms with van der Waals surface area (Å²) in [6, 6.07) is 5.62. The number of nitrogens with zero attached hydrogens (tertiary/aromatic N) is 2. The van der Waals surface area contributed by atoms with Crippen molar-refractivity contribution in [2.24, 2.45) is 0 Å². The van der Waals surface area contributed by atoms with Crippen LogP contribution in [-0.2, 0) is 4.74 Å². The summed E-state index contributed by atoms with van der Waals surface area (Å²) in [5, 5.41) is 0. The van der Waals surface area contributed by atoms with Gasteiger partial charge in [-0.25, -0.2) is 0 Å². The second kappa shape index (κ2) is 8.27. The second-order valence-corrected chi connectivity index (χ2v) is 7.37. The van der Waals surface area contributed by atoms with Crippen LogP contribution >= 0.6 is 0 Å². The molecule has 1 aromatic rings. The molecule has 0 bridgehead atoms. The van der Waals surface area contributed by atoms with E-state index in [1.54, 1.807) is 32.4 Å². The van der Waals surface area contributed by atoms with E-state index in [9.17, 15) is 4.79 Å². The fourth-order valence-electron chi connectivity index (χ4n) is 4.12. The van der Waals surface area contributed by atoms with Crippen molar-refractivity contribution in [2.45, 2.75) is 44.9 Å². The van der Waals surface area contributed by atoms with Gasteiger partial charge in [-0.15, -0.1) is 0 Å². The third kappa shape index (κ3) is 4.30. The molecule has 26 heavy (non-hydrogen) atoms. The van der Waals surface area contributed by atoms with Crippen LogP contribution in [0.25, 0.3) is 0 Å². The Morgan fingerprint density at radius 3 is 2.31 bits per heavy atom. The maximum Gasteiger partial charge on any atom is 0.254 e. The lowest BCUT2D eigenvalue weighted by molar-refractivity contribution is -0.0715. The molecule has 6 nitrogen and oxygen atoms in total. The fraction of sp³-hybridized carbons (Fsp3) is 0.650. The molecule has 2 aliphatic heterocycles. The standard InChI is InChI=1S/C20H30N2O4/c1-14-11-21(12-15(2)26-14)13-17-6-5-7-22(17)20(23)16-8-18(24-3)10-19(9-16)25-4/h8-10,14-15,17H,5-7,11-13H2,1-4H3. The number of amides is 1. The van der Waals surface area contributed by atoms with Crippen molar-refractivity contribution in [3.63, 3.8) is 0 Å². The van der Waals surface area contributed by atoms with Crippen molar-refractivity contribution in [1.82, 2.24) is 9.80 Å². The molecule has 3 rings (SSSR count). The number of hydrogen-bond acceptors (Lipinski definition) is 5. The summed E-state index contributed by atoms with van der Waals surface area (Å²) in [4.78, 5) is 17.6. The van der Waals surface area contributed by atoms with Crippen LogP contribution in [0.2, 0.25) is 0 Å². The number of methoxy groups -OCH3 is 2. The van der Waals surface area contributed by atoms with E-state index in [2.05, 4.69) is 18.7 Å². The number of carbonyl (C=O) groups is 1.